The molecule has 1 aliphatic heterocycles. The minimum atomic E-state index is 0.101. The second-order valence-corrected chi connectivity index (χ2v) is 6.71. The van der Waals surface area contributed by atoms with Gasteiger partial charge in [-0.3, -0.25) is 4.90 Å². The summed E-state index contributed by atoms with van der Waals surface area (Å²) in [5, 5.41) is 0.101. The molecule has 1 fully saturated rings. The zero-order chi connectivity index (χ0) is 15.2. The van der Waals surface area contributed by atoms with Crippen molar-refractivity contribution >= 4 is 11.6 Å². The Morgan fingerprint density at radius 1 is 0.952 bits per heavy atom. The maximum absolute atomic E-state index is 6.62. The lowest BCUT2D eigenvalue weighted by Crippen LogP contribution is -2.46. The fourth-order valence-corrected chi connectivity index (χ4v) is 3.23. The van der Waals surface area contributed by atoms with Gasteiger partial charge < -0.3 is 4.90 Å². The molecule has 0 amide bonds. The number of halogens is 1. The molecule has 1 aliphatic rings. The Kier molecular flexibility index (Phi) is 6.53. The number of hydrogen-bond donors (Lipinski definition) is 0. The highest BCUT2D eigenvalue weighted by Crippen LogP contribution is 2.25. The van der Waals surface area contributed by atoms with Crippen molar-refractivity contribution < 1.29 is 0 Å². The Labute approximate surface area is 135 Å². The molecule has 1 aromatic carbocycles. The molecule has 2 atom stereocenters. The van der Waals surface area contributed by atoms with E-state index in [0.717, 1.165) is 26.2 Å². The molecule has 0 aromatic heterocycles. The summed E-state index contributed by atoms with van der Waals surface area (Å²) in [7, 11) is 0. The van der Waals surface area contributed by atoms with Crippen molar-refractivity contribution in [1.82, 2.24) is 9.80 Å². The second kappa shape index (κ2) is 8.17. The topological polar surface area (TPSA) is 6.48 Å². The van der Waals surface area contributed by atoms with E-state index in [0.29, 0.717) is 5.92 Å². The summed E-state index contributed by atoms with van der Waals surface area (Å²) < 4.78 is 0. The van der Waals surface area contributed by atoms with Crippen molar-refractivity contribution in [3.8, 4) is 0 Å². The summed E-state index contributed by atoms with van der Waals surface area (Å²) >= 11 is 6.62. The van der Waals surface area contributed by atoms with Crippen molar-refractivity contribution in [3.63, 3.8) is 0 Å². The number of benzene rings is 1. The molecule has 0 bridgehead atoms. The lowest BCUT2D eigenvalue weighted by molar-refractivity contribution is 0.137. The highest BCUT2D eigenvalue weighted by atomic mass is 35.5. The number of hydrogen-bond acceptors (Lipinski definition) is 2. The molecule has 0 N–H and O–H groups in total. The van der Waals surface area contributed by atoms with Crippen molar-refractivity contribution in [2.75, 3.05) is 39.3 Å². The summed E-state index contributed by atoms with van der Waals surface area (Å²) in [5.41, 5.74) is 2.67. The Morgan fingerprint density at radius 3 is 2.00 bits per heavy atom. The lowest BCUT2D eigenvalue weighted by Gasteiger charge is -2.35. The van der Waals surface area contributed by atoms with Crippen LogP contribution in [0.25, 0.3) is 0 Å². The Bertz CT molecular complexity index is 410. The lowest BCUT2D eigenvalue weighted by atomic mass is 9.97. The Hall–Kier alpha value is -0.570. The van der Waals surface area contributed by atoms with Crippen LogP contribution < -0.4 is 0 Å². The number of rotatable bonds is 6. The van der Waals surface area contributed by atoms with Gasteiger partial charge in [0.05, 0.1) is 5.38 Å². The number of piperazine rings is 1. The monoisotopic (exact) mass is 308 g/mol. The quantitative estimate of drug-likeness (QED) is 0.730. The van der Waals surface area contributed by atoms with E-state index in [2.05, 4.69) is 54.8 Å². The predicted octanol–water partition coefficient (Wildman–Crippen LogP) is 4.12. The maximum atomic E-state index is 6.62. The molecule has 21 heavy (non-hydrogen) atoms. The predicted molar refractivity (Wildman–Crippen MR) is 92.3 cm³/mol. The van der Waals surface area contributed by atoms with Crippen LogP contribution in [0.5, 0.6) is 0 Å². The summed E-state index contributed by atoms with van der Waals surface area (Å²) in [6.45, 7) is 13.5. The fourth-order valence-electron chi connectivity index (χ4n) is 2.89. The van der Waals surface area contributed by atoms with Gasteiger partial charge in [-0.2, -0.15) is 0 Å². The molecule has 0 saturated carbocycles. The van der Waals surface area contributed by atoms with E-state index in [1.54, 1.807) is 0 Å². The minimum Gasteiger partial charge on any atom is -0.301 e. The summed E-state index contributed by atoms with van der Waals surface area (Å²) in [6, 6.07) is 8.91. The smallest absolute Gasteiger partial charge is 0.0712 e. The zero-order valence-electron chi connectivity index (χ0n) is 13.7. The normalized spacial score (nSPS) is 20.4. The van der Waals surface area contributed by atoms with Gasteiger partial charge >= 0.3 is 0 Å². The van der Waals surface area contributed by atoms with Crippen LogP contribution in [0.3, 0.4) is 0 Å². The van der Waals surface area contributed by atoms with E-state index < -0.39 is 0 Å². The largest absolute Gasteiger partial charge is 0.301 e. The third-order valence-corrected chi connectivity index (χ3v) is 5.20. The van der Waals surface area contributed by atoms with Crippen LogP contribution in [0, 0.1) is 0 Å². The van der Waals surface area contributed by atoms with Gasteiger partial charge in [0.25, 0.3) is 0 Å². The standard InChI is InChI=1S/C18H29ClN2/c1-4-15(3)16-6-8-17(9-7-16)18(19)14-21-12-10-20(5-2)11-13-21/h6-9,15,18H,4-5,10-14H2,1-3H3. The van der Waals surface area contributed by atoms with Gasteiger partial charge in [0.2, 0.25) is 0 Å². The molecule has 1 saturated heterocycles. The average Bonchev–Trinajstić information content (AvgIpc) is 2.55. The van der Waals surface area contributed by atoms with E-state index in [4.69, 9.17) is 11.6 Å². The first-order valence-corrected chi connectivity index (χ1v) is 8.76. The van der Waals surface area contributed by atoms with Gasteiger partial charge in [0, 0.05) is 32.7 Å². The first-order valence-electron chi connectivity index (χ1n) is 8.32. The van der Waals surface area contributed by atoms with Crippen molar-refractivity contribution in [3.05, 3.63) is 35.4 Å². The van der Waals surface area contributed by atoms with Gasteiger partial charge in [-0.1, -0.05) is 45.0 Å². The molecule has 1 heterocycles. The molecule has 0 radical (unpaired) electrons. The molecule has 1 aromatic rings. The molecule has 3 heteroatoms. The van der Waals surface area contributed by atoms with E-state index in [-0.39, 0.29) is 5.38 Å². The van der Waals surface area contributed by atoms with Crippen LogP contribution in [0.4, 0.5) is 0 Å². The average molecular weight is 309 g/mol. The molecule has 118 valence electrons. The summed E-state index contributed by atoms with van der Waals surface area (Å²) in [5.74, 6) is 0.634. The van der Waals surface area contributed by atoms with E-state index in [9.17, 15) is 0 Å². The van der Waals surface area contributed by atoms with Crippen LogP contribution in [-0.2, 0) is 0 Å². The van der Waals surface area contributed by atoms with Gasteiger partial charge in [0.1, 0.15) is 0 Å². The van der Waals surface area contributed by atoms with E-state index in [1.807, 2.05) is 0 Å². The first-order chi connectivity index (χ1) is 10.1. The van der Waals surface area contributed by atoms with Crippen molar-refractivity contribution in [2.45, 2.75) is 38.5 Å². The van der Waals surface area contributed by atoms with Crippen LogP contribution in [-0.4, -0.2) is 49.1 Å². The van der Waals surface area contributed by atoms with Crippen molar-refractivity contribution in [2.24, 2.45) is 0 Å². The van der Waals surface area contributed by atoms with Gasteiger partial charge in [-0.05, 0) is 30.0 Å². The highest BCUT2D eigenvalue weighted by Gasteiger charge is 2.19. The molecule has 2 nitrogen and oxygen atoms in total. The molecule has 0 spiro atoms. The molecular weight excluding hydrogens is 280 g/mol. The van der Waals surface area contributed by atoms with Crippen LogP contribution in [0.1, 0.15) is 49.6 Å². The van der Waals surface area contributed by atoms with Crippen LogP contribution in [0.2, 0.25) is 0 Å². The second-order valence-electron chi connectivity index (χ2n) is 6.18. The van der Waals surface area contributed by atoms with Crippen LogP contribution in [0.15, 0.2) is 24.3 Å². The summed E-state index contributed by atoms with van der Waals surface area (Å²) in [4.78, 5) is 4.99. The van der Waals surface area contributed by atoms with Gasteiger partial charge in [-0.25, -0.2) is 0 Å². The van der Waals surface area contributed by atoms with Crippen LogP contribution >= 0.6 is 11.6 Å². The molecule has 0 aliphatic carbocycles. The number of nitrogens with zero attached hydrogens (tertiary/aromatic N) is 2. The minimum absolute atomic E-state index is 0.101. The van der Waals surface area contributed by atoms with Gasteiger partial charge in [-0.15, -0.1) is 11.6 Å². The molecule has 2 rings (SSSR count). The molecular formula is C18H29ClN2. The Morgan fingerprint density at radius 2 is 1.48 bits per heavy atom. The Balaban J connectivity index is 1.87. The highest BCUT2D eigenvalue weighted by molar-refractivity contribution is 6.21. The summed E-state index contributed by atoms with van der Waals surface area (Å²) in [6.07, 6.45) is 1.19. The van der Waals surface area contributed by atoms with E-state index >= 15 is 0 Å². The van der Waals surface area contributed by atoms with E-state index in [1.165, 1.54) is 30.6 Å². The SMILES string of the molecule is CCC(C)c1ccc(C(Cl)CN2CCN(CC)CC2)cc1. The van der Waals surface area contributed by atoms with Crippen molar-refractivity contribution in [1.29, 1.82) is 0 Å². The number of likely N-dealkylation sites (N-methyl/N-ethyl adjacent to an activating group) is 1. The first kappa shape index (κ1) is 16.8. The van der Waals surface area contributed by atoms with Gasteiger partial charge in [0.15, 0.2) is 0 Å². The third kappa shape index (κ3) is 4.70. The molecule has 2 unspecified atom stereocenters. The zero-order valence-corrected chi connectivity index (χ0v) is 14.4. The third-order valence-electron chi connectivity index (χ3n) is 4.81. The maximum Gasteiger partial charge on any atom is 0.0712 e. The number of alkyl halides is 1. The fraction of sp³-hybridized carbons (Fsp3) is 0.667.